The van der Waals surface area contributed by atoms with E-state index in [1.807, 2.05) is 18.3 Å². The third kappa shape index (κ3) is 2.58. The van der Waals surface area contributed by atoms with Crippen LogP contribution in [-0.4, -0.2) is 36.3 Å². The van der Waals surface area contributed by atoms with Gasteiger partial charge in [-0.25, -0.2) is 9.97 Å². The Morgan fingerprint density at radius 3 is 2.75 bits per heavy atom. The van der Waals surface area contributed by atoms with Gasteiger partial charge in [-0.05, 0) is 30.7 Å². The van der Waals surface area contributed by atoms with Gasteiger partial charge >= 0.3 is 0 Å². The summed E-state index contributed by atoms with van der Waals surface area (Å²) in [5, 5.41) is 0. The fourth-order valence-corrected chi connectivity index (χ4v) is 2.43. The molecule has 20 heavy (non-hydrogen) atoms. The number of hydrogen-bond donors (Lipinski definition) is 1. The molecule has 1 saturated heterocycles. The van der Waals surface area contributed by atoms with Crippen LogP contribution >= 0.6 is 0 Å². The summed E-state index contributed by atoms with van der Waals surface area (Å²) in [5.74, 6) is 1.55. The molecule has 0 aliphatic carbocycles. The SMILES string of the molecule is Cc1cc(-c2cccc(N)n2)cnc1N1CCOCC1. The number of anilines is 2. The predicted octanol–water partition coefficient (Wildman–Crippen LogP) is 1.87. The highest BCUT2D eigenvalue weighted by molar-refractivity contribution is 5.64. The van der Waals surface area contributed by atoms with E-state index in [1.54, 1.807) is 6.07 Å². The van der Waals surface area contributed by atoms with Crippen molar-refractivity contribution in [2.75, 3.05) is 36.9 Å². The van der Waals surface area contributed by atoms with Crippen molar-refractivity contribution in [1.29, 1.82) is 0 Å². The van der Waals surface area contributed by atoms with E-state index in [-0.39, 0.29) is 0 Å². The van der Waals surface area contributed by atoms with Crippen LogP contribution in [0.1, 0.15) is 5.56 Å². The van der Waals surface area contributed by atoms with Gasteiger partial charge in [0.2, 0.25) is 0 Å². The van der Waals surface area contributed by atoms with Crippen molar-refractivity contribution < 1.29 is 4.74 Å². The molecule has 2 aromatic heterocycles. The molecule has 0 atom stereocenters. The second-order valence-electron chi connectivity index (χ2n) is 4.91. The van der Waals surface area contributed by atoms with Crippen molar-refractivity contribution in [2.24, 2.45) is 0 Å². The Labute approximate surface area is 118 Å². The van der Waals surface area contributed by atoms with E-state index in [9.17, 15) is 0 Å². The molecule has 5 nitrogen and oxygen atoms in total. The van der Waals surface area contributed by atoms with Gasteiger partial charge in [-0.1, -0.05) is 6.07 Å². The van der Waals surface area contributed by atoms with E-state index in [0.29, 0.717) is 5.82 Å². The number of nitrogen functional groups attached to an aromatic ring is 1. The third-order valence-corrected chi connectivity index (χ3v) is 3.43. The lowest BCUT2D eigenvalue weighted by Crippen LogP contribution is -2.37. The molecule has 104 valence electrons. The first-order valence-corrected chi connectivity index (χ1v) is 6.76. The van der Waals surface area contributed by atoms with Gasteiger partial charge < -0.3 is 15.4 Å². The molecule has 3 rings (SSSR count). The van der Waals surface area contributed by atoms with Crippen LogP contribution in [0.15, 0.2) is 30.5 Å². The molecule has 2 N–H and O–H groups in total. The lowest BCUT2D eigenvalue weighted by Gasteiger charge is -2.29. The molecule has 0 saturated carbocycles. The van der Waals surface area contributed by atoms with Crippen LogP contribution in [0.4, 0.5) is 11.6 Å². The van der Waals surface area contributed by atoms with Crippen molar-refractivity contribution >= 4 is 11.6 Å². The molecule has 0 spiro atoms. The summed E-state index contributed by atoms with van der Waals surface area (Å²) in [5.41, 5.74) is 8.72. The molecule has 2 aromatic rings. The van der Waals surface area contributed by atoms with Crippen LogP contribution in [0.5, 0.6) is 0 Å². The Balaban J connectivity index is 1.90. The van der Waals surface area contributed by atoms with E-state index >= 15 is 0 Å². The van der Waals surface area contributed by atoms with Crippen molar-refractivity contribution in [3.63, 3.8) is 0 Å². The summed E-state index contributed by atoms with van der Waals surface area (Å²) < 4.78 is 5.37. The first-order valence-electron chi connectivity index (χ1n) is 6.76. The van der Waals surface area contributed by atoms with Crippen LogP contribution in [0, 0.1) is 6.92 Å². The van der Waals surface area contributed by atoms with Gasteiger partial charge in [-0.3, -0.25) is 0 Å². The summed E-state index contributed by atoms with van der Waals surface area (Å²) in [7, 11) is 0. The average Bonchev–Trinajstić information content (AvgIpc) is 2.48. The summed E-state index contributed by atoms with van der Waals surface area (Å²) in [6.07, 6.45) is 1.86. The maximum atomic E-state index is 5.73. The second-order valence-corrected chi connectivity index (χ2v) is 4.91. The fraction of sp³-hybridized carbons (Fsp3) is 0.333. The maximum Gasteiger partial charge on any atom is 0.131 e. The zero-order chi connectivity index (χ0) is 13.9. The number of aromatic nitrogens is 2. The molecule has 0 amide bonds. The largest absolute Gasteiger partial charge is 0.384 e. The molecular weight excluding hydrogens is 252 g/mol. The smallest absolute Gasteiger partial charge is 0.131 e. The highest BCUT2D eigenvalue weighted by atomic mass is 16.5. The predicted molar refractivity (Wildman–Crippen MR) is 79.6 cm³/mol. The zero-order valence-electron chi connectivity index (χ0n) is 11.5. The Hall–Kier alpha value is -2.14. The lowest BCUT2D eigenvalue weighted by atomic mass is 10.1. The highest BCUT2D eigenvalue weighted by Crippen LogP contribution is 2.24. The highest BCUT2D eigenvalue weighted by Gasteiger charge is 2.15. The van der Waals surface area contributed by atoms with Crippen LogP contribution < -0.4 is 10.6 Å². The average molecular weight is 270 g/mol. The lowest BCUT2D eigenvalue weighted by molar-refractivity contribution is 0.122. The van der Waals surface area contributed by atoms with Gasteiger partial charge in [-0.2, -0.15) is 0 Å². The Morgan fingerprint density at radius 1 is 1.25 bits per heavy atom. The molecule has 1 aliphatic rings. The normalized spacial score (nSPS) is 15.3. The quantitative estimate of drug-likeness (QED) is 0.902. The maximum absolute atomic E-state index is 5.73. The number of rotatable bonds is 2. The Bertz CT molecular complexity index is 609. The summed E-state index contributed by atoms with van der Waals surface area (Å²) in [4.78, 5) is 11.2. The fourth-order valence-electron chi connectivity index (χ4n) is 2.43. The van der Waals surface area contributed by atoms with Gasteiger partial charge in [-0.15, -0.1) is 0 Å². The molecule has 0 radical (unpaired) electrons. The minimum atomic E-state index is 0.525. The monoisotopic (exact) mass is 270 g/mol. The Kier molecular flexibility index (Phi) is 3.52. The number of hydrogen-bond acceptors (Lipinski definition) is 5. The standard InChI is InChI=1S/C15H18N4O/c1-11-9-12(13-3-2-4-14(16)18-13)10-17-15(11)19-5-7-20-8-6-19/h2-4,9-10H,5-8H2,1H3,(H2,16,18). The van der Waals surface area contributed by atoms with Gasteiger partial charge in [0, 0.05) is 24.8 Å². The molecule has 1 aliphatic heterocycles. The number of pyridine rings is 2. The number of nitrogens with two attached hydrogens (primary N) is 1. The van der Waals surface area contributed by atoms with Gasteiger partial charge in [0.1, 0.15) is 11.6 Å². The van der Waals surface area contributed by atoms with E-state index in [1.165, 1.54) is 0 Å². The van der Waals surface area contributed by atoms with Crippen molar-refractivity contribution in [3.05, 3.63) is 36.0 Å². The molecule has 3 heterocycles. The minimum absolute atomic E-state index is 0.525. The number of morpholine rings is 1. The van der Waals surface area contributed by atoms with Crippen LogP contribution in [0.3, 0.4) is 0 Å². The second kappa shape index (κ2) is 5.46. The van der Waals surface area contributed by atoms with E-state index < -0.39 is 0 Å². The summed E-state index contributed by atoms with van der Waals surface area (Å²) in [6, 6.07) is 7.75. The number of aryl methyl sites for hydroxylation is 1. The molecule has 0 aromatic carbocycles. The van der Waals surface area contributed by atoms with Gasteiger partial charge in [0.15, 0.2) is 0 Å². The van der Waals surface area contributed by atoms with Gasteiger partial charge in [0.05, 0.1) is 18.9 Å². The minimum Gasteiger partial charge on any atom is -0.384 e. The number of ether oxygens (including phenoxy) is 1. The molecule has 5 heteroatoms. The van der Waals surface area contributed by atoms with Crippen LogP contribution in [0.2, 0.25) is 0 Å². The van der Waals surface area contributed by atoms with Gasteiger partial charge in [0.25, 0.3) is 0 Å². The van der Waals surface area contributed by atoms with E-state index in [2.05, 4.69) is 27.9 Å². The van der Waals surface area contributed by atoms with Crippen LogP contribution in [0.25, 0.3) is 11.3 Å². The number of nitrogens with zero attached hydrogens (tertiary/aromatic N) is 3. The molecule has 1 fully saturated rings. The molecular formula is C15H18N4O. The third-order valence-electron chi connectivity index (χ3n) is 3.43. The Morgan fingerprint density at radius 2 is 2.05 bits per heavy atom. The van der Waals surface area contributed by atoms with Crippen molar-refractivity contribution in [3.8, 4) is 11.3 Å². The van der Waals surface area contributed by atoms with Crippen molar-refractivity contribution in [1.82, 2.24) is 9.97 Å². The van der Waals surface area contributed by atoms with Crippen molar-refractivity contribution in [2.45, 2.75) is 6.92 Å². The molecule has 0 unspecified atom stereocenters. The summed E-state index contributed by atoms with van der Waals surface area (Å²) >= 11 is 0. The first kappa shape index (κ1) is 12.9. The molecule has 0 bridgehead atoms. The van der Waals surface area contributed by atoms with Crippen LogP contribution in [-0.2, 0) is 4.74 Å². The zero-order valence-corrected chi connectivity index (χ0v) is 11.5. The first-order chi connectivity index (χ1) is 9.74. The summed E-state index contributed by atoms with van der Waals surface area (Å²) in [6.45, 7) is 5.39. The van der Waals surface area contributed by atoms with E-state index in [4.69, 9.17) is 10.5 Å². The van der Waals surface area contributed by atoms with E-state index in [0.717, 1.165) is 48.9 Å². The topological polar surface area (TPSA) is 64.3 Å².